The zero-order valence-corrected chi connectivity index (χ0v) is 23.3. The van der Waals surface area contributed by atoms with Crippen molar-refractivity contribution in [3.8, 4) is 11.5 Å². The quantitative estimate of drug-likeness (QED) is 0.162. The molecule has 0 fully saturated rings. The molecule has 0 aromatic heterocycles. The number of aliphatic hydroxyl groups is 1. The van der Waals surface area contributed by atoms with Crippen LogP contribution >= 0.6 is 39.1 Å². The molecule has 0 spiro atoms. The number of nitrogens with one attached hydrogen (secondary N) is 1. The van der Waals surface area contributed by atoms with Crippen molar-refractivity contribution in [3.63, 3.8) is 0 Å². The minimum absolute atomic E-state index is 0.251. The third-order valence-corrected chi connectivity index (χ3v) is 7.17. The highest BCUT2D eigenvalue weighted by molar-refractivity contribution is 9.10. The summed E-state index contributed by atoms with van der Waals surface area (Å²) < 4.78 is 12.1. The fourth-order valence-corrected chi connectivity index (χ4v) is 4.49. The minimum atomic E-state index is -1.93. The first-order valence-corrected chi connectivity index (χ1v) is 13.0. The van der Waals surface area contributed by atoms with Crippen LogP contribution in [0.1, 0.15) is 22.3 Å². The van der Waals surface area contributed by atoms with Crippen LogP contribution in [0.4, 0.5) is 0 Å². The average Bonchev–Trinajstić information content (AvgIpc) is 2.95. The Kier molecular flexibility index (Phi) is 9.07. The van der Waals surface area contributed by atoms with E-state index in [0.29, 0.717) is 42.7 Å². The predicted molar refractivity (Wildman–Crippen MR) is 153 cm³/mol. The molecule has 4 aromatic carbocycles. The lowest BCUT2D eigenvalue weighted by Crippen LogP contribution is -2.43. The molecule has 4 rings (SSSR count). The minimum Gasteiger partial charge on any atom is -0.493 e. The molecule has 0 saturated heterocycles. The Bertz CT molecular complexity index is 1410. The number of hydrogen-bond acceptors (Lipinski definition) is 5. The molecule has 0 radical (unpaired) electrons. The molecule has 0 saturated carbocycles. The monoisotopic (exact) mass is 612 g/mol. The van der Waals surface area contributed by atoms with Crippen LogP contribution in [-0.4, -0.2) is 24.3 Å². The van der Waals surface area contributed by atoms with Crippen LogP contribution in [0.3, 0.4) is 0 Å². The normalized spacial score (nSPS) is 11.4. The maximum atomic E-state index is 13.2. The number of methoxy groups -OCH3 is 1. The zero-order valence-electron chi connectivity index (χ0n) is 20.2. The maximum Gasteiger partial charge on any atom is 0.281 e. The van der Waals surface area contributed by atoms with Crippen LogP contribution in [0.5, 0.6) is 11.5 Å². The van der Waals surface area contributed by atoms with E-state index in [4.69, 9.17) is 32.7 Å². The first-order chi connectivity index (χ1) is 18.3. The fourth-order valence-electron chi connectivity index (χ4n) is 3.74. The van der Waals surface area contributed by atoms with Crippen LogP contribution in [0.2, 0.25) is 10.0 Å². The van der Waals surface area contributed by atoms with E-state index in [1.54, 1.807) is 72.8 Å². The second-order valence-corrected chi connectivity index (χ2v) is 9.87. The predicted octanol–water partition coefficient (Wildman–Crippen LogP) is 6.73. The third kappa shape index (κ3) is 6.19. The van der Waals surface area contributed by atoms with Gasteiger partial charge in [0.15, 0.2) is 17.1 Å². The van der Waals surface area contributed by atoms with Gasteiger partial charge in [-0.15, -0.1) is 0 Å². The molecule has 1 amide bonds. The van der Waals surface area contributed by atoms with Gasteiger partial charge in [-0.1, -0.05) is 89.9 Å². The number of carbonyl (C=O) groups excluding carboxylic acids is 1. The third-order valence-electron chi connectivity index (χ3n) is 5.74. The molecule has 6 nitrogen and oxygen atoms in total. The van der Waals surface area contributed by atoms with Gasteiger partial charge in [0.1, 0.15) is 6.61 Å². The Morgan fingerprint density at radius 3 is 2.16 bits per heavy atom. The van der Waals surface area contributed by atoms with Crippen LogP contribution in [0.25, 0.3) is 0 Å². The topological polar surface area (TPSA) is 80.2 Å². The van der Waals surface area contributed by atoms with Crippen molar-refractivity contribution >= 4 is 51.3 Å². The van der Waals surface area contributed by atoms with Gasteiger partial charge >= 0.3 is 0 Å². The van der Waals surface area contributed by atoms with Crippen molar-refractivity contribution in [3.05, 3.63) is 128 Å². The van der Waals surface area contributed by atoms with Gasteiger partial charge < -0.3 is 14.6 Å². The summed E-state index contributed by atoms with van der Waals surface area (Å²) in [4.78, 5) is 13.2. The Morgan fingerprint density at radius 1 is 0.947 bits per heavy atom. The number of hydrogen-bond donors (Lipinski definition) is 2. The number of amides is 1. The standard InChI is InChI=1S/C29H23BrCl2N2O4/c1-37-26-15-20(23(30)16-27(26)38-18-19-12-13-24(31)25(32)14-19)17-33-34-28(35)29(36,21-8-4-2-5-9-21)22-10-6-3-7-11-22/h2-17,36H,18H2,1H3,(H,34,35)/b33-17-. The Balaban J connectivity index is 1.52. The highest BCUT2D eigenvalue weighted by Gasteiger charge is 2.39. The van der Waals surface area contributed by atoms with E-state index in [9.17, 15) is 9.90 Å². The van der Waals surface area contributed by atoms with Gasteiger partial charge in [0.25, 0.3) is 5.91 Å². The Morgan fingerprint density at radius 2 is 1.58 bits per heavy atom. The van der Waals surface area contributed by atoms with Gasteiger partial charge in [0, 0.05) is 10.0 Å². The van der Waals surface area contributed by atoms with Gasteiger partial charge in [-0.05, 0) is 56.9 Å². The van der Waals surface area contributed by atoms with Crippen molar-refractivity contribution in [2.75, 3.05) is 7.11 Å². The Hall–Kier alpha value is -3.36. The lowest BCUT2D eigenvalue weighted by atomic mass is 9.85. The number of benzene rings is 4. The zero-order chi connectivity index (χ0) is 27.1. The molecule has 0 aliphatic rings. The summed E-state index contributed by atoms with van der Waals surface area (Å²) in [5, 5.41) is 16.5. The van der Waals surface area contributed by atoms with Crippen LogP contribution in [0, 0.1) is 0 Å². The van der Waals surface area contributed by atoms with Gasteiger partial charge in [0.05, 0.1) is 23.4 Å². The largest absolute Gasteiger partial charge is 0.493 e. The molecule has 4 aromatic rings. The summed E-state index contributed by atoms with van der Waals surface area (Å²) in [7, 11) is 1.53. The number of nitrogens with zero attached hydrogens (tertiary/aromatic N) is 1. The second kappa shape index (κ2) is 12.5. The highest BCUT2D eigenvalue weighted by Crippen LogP contribution is 2.34. The molecule has 0 atom stereocenters. The molecular weight excluding hydrogens is 591 g/mol. The van der Waals surface area contributed by atoms with E-state index in [-0.39, 0.29) is 6.61 Å². The Labute approximate surface area is 238 Å². The smallest absolute Gasteiger partial charge is 0.281 e. The molecule has 0 aliphatic heterocycles. The van der Waals surface area contributed by atoms with Crippen LogP contribution in [0.15, 0.2) is 101 Å². The summed E-state index contributed by atoms with van der Waals surface area (Å²) in [6, 6.07) is 26.1. The van der Waals surface area contributed by atoms with E-state index < -0.39 is 11.5 Å². The molecule has 0 heterocycles. The van der Waals surface area contributed by atoms with Crippen LogP contribution in [-0.2, 0) is 17.0 Å². The van der Waals surface area contributed by atoms with E-state index in [1.165, 1.54) is 13.3 Å². The van der Waals surface area contributed by atoms with Crippen molar-refractivity contribution < 1.29 is 19.4 Å². The number of carbonyl (C=O) groups is 1. The van der Waals surface area contributed by atoms with Gasteiger partial charge in [-0.2, -0.15) is 5.10 Å². The average molecular weight is 614 g/mol. The summed E-state index contributed by atoms with van der Waals surface area (Å²) in [5.74, 6) is 0.260. The van der Waals surface area contributed by atoms with Gasteiger partial charge in [-0.3, -0.25) is 4.79 Å². The van der Waals surface area contributed by atoms with E-state index in [1.807, 2.05) is 18.2 Å². The SMILES string of the molecule is COc1cc(/C=N\NC(=O)C(O)(c2ccccc2)c2ccccc2)c(Br)cc1OCc1ccc(Cl)c(Cl)c1. The number of hydrazone groups is 1. The summed E-state index contributed by atoms with van der Waals surface area (Å²) in [6.45, 7) is 0.251. The van der Waals surface area contributed by atoms with Gasteiger partial charge in [-0.25, -0.2) is 5.43 Å². The fraction of sp³-hybridized carbons (Fsp3) is 0.103. The van der Waals surface area contributed by atoms with Crippen molar-refractivity contribution in [1.29, 1.82) is 0 Å². The van der Waals surface area contributed by atoms with Gasteiger partial charge in [0.2, 0.25) is 0 Å². The van der Waals surface area contributed by atoms with E-state index in [2.05, 4.69) is 26.5 Å². The molecule has 0 aliphatic carbocycles. The molecule has 9 heteroatoms. The van der Waals surface area contributed by atoms with Crippen molar-refractivity contribution in [1.82, 2.24) is 5.43 Å². The maximum absolute atomic E-state index is 13.2. The molecule has 0 unspecified atom stereocenters. The van der Waals surface area contributed by atoms with Crippen molar-refractivity contribution in [2.45, 2.75) is 12.2 Å². The summed E-state index contributed by atoms with van der Waals surface area (Å²) in [6.07, 6.45) is 1.45. The lowest BCUT2D eigenvalue weighted by Gasteiger charge is -2.27. The lowest BCUT2D eigenvalue weighted by molar-refractivity contribution is -0.136. The number of halogens is 3. The van der Waals surface area contributed by atoms with E-state index in [0.717, 1.165) is 5.56 Å². The molecular formula is C29H23BrCl2N2O4. The summed E-state index contributed by atoms with van der Waals surface area (Å²) >= 11 is 15.6. The first-order valence-electron chi connectivity index (χ1n) is 11.4. The van der Waals surface area contributed by atoms with E-state index >= 15 is 0 Å². The molecule has 194 valence electrons. The second-order valence-electron chi connectivity index (χ2n) is 8.20. The molecule has 0 bridgehead atoms. The molecule has 38 heavy (non-hydrogen) atoms. The summed E-state index contributed by atoms with van der Waals surface area (Å²) in [5.41, 5.74) is 2.84. The number of rotatable bonds is 9. The highest BCUT2D eigenvalue weighted by atomic mass is 79.9. The van der Waals surface area contributed by atoms with Crippen LogP contribution < -0.4 is 14.9 Å². The van der Waals surface area contributed by atoms with Crippen molar-refractivity contribution in [2.24, 2.45) is 5.10 Å². The first kappa shape index (κ1) is 27.7. The molecule has 2 N–H and O–H groups in total. The number of ether oxygens (including phenoxy) is 2.